The van der Waals surface area contributed by atoms with Crippen LogP contribution in [0.25, 0.3) is 0 Å². The van der Waals surface area contributed by atoms with Gasteiger partial charge in [-0.25, -0.2) is 0 Å². The molecule has 1 atom stereocenters. The summed E-state index contributed by atoms with van der Waals surface area (Å²) in [6, 6.07) is 4.22. The molecule has 0 spiro atoms. The van der Waals surface area contributed by atoms with Crippen molar-refractivity contribution in [1.29, 1.82) is 0 Å². The van der Waals surface area contributed by atoms with E-state index in [9.17, 15) is 19.4 Å². The van der Waals surface area contributed by atoms with E-state index < -0.39 is 28.5 Å². The zero-order valence-corrected chi connectivity index (χ0v) is 10.2. The van der Waals surface area contributed by atoms with Crippen LogP contribution in [0.2, 0.25) is 0 Å². The van der Waals surface area contributed by atoms with Crippen molar-refractivity contribution in [3.63, 3.8) is 0 Å². The fraction of sp³-hybridized carbons (Fsp3) is 0.400. The van der Waals surface area contributed by atoms with Gasteiger partial charge in [0.2, 0.25) is 0 Å². The molecular weight excluding hydrogens is 279 g/mol. The molecule has 0 fully saturated rings. The Hall–Kier alpha value is -1.18. The van der Waals surface area contributed by atoms with Crippen LogP contribution in [-0.4, -0.2) is 19.5 Å². The second-order valence-electron chi connectivity index (χ2n) is 4.21. The topological polar surface area (TPSA) is 18.5 Å². The van der Waals surface area contributed by atoms with Gasteiger partial charge < -0.3 is 9.47 Å². The van der Waals surface area contributed by atoms with Crippen LogP contribution in [0.5, 0.6) is 11.5 Å². The van der Waals surface area contributed by atoms with Gasteiger partial charge >= 0.3 is 0 Å². The highest BCUT2D eigenvalue weighted by Crippen LogP contribution is 2.98. The van der Waals surface area contributed by atoms with Crippen molar-refractivity contribution >= 4 is 10.2 Å². The summed E-state index contributed by atoms with van der Waals surface area (Å²) in [5.41, 5.74) is 0.114. The zero-order valence-electron chi connectivity index (χ0n) is 9.34. The first-order valence-electron chi connectivity index (χ1n) is 5.01. The number of hydrogen-bond donors (Lipinski definition) is 0. The van der Waals surface area contributed by atoms with E-state index in [4.69, 9.17) is 9.47 Å². The highest BCUT2D eigenvalue weighted by atomic mass is 32.5. The lowest BCUT2D eigenvalue weighted by atomic mass is 10.0. The molecular formula is C10H11F5O2S. The van der Waals surface area contributed by atoms with Crippen LogP contribution in [-0.2, 0) is 0 Å². The van der Waals surface area contributed by atoms with Crippen molar-refractivity contribution in [2.75, 3.05) is 19.5 Å². The van der Waals surface area contributed by atoms with Crippen molar-refractivity contribution in [3.05, 3.63) is 23.8 Å². The first kappa shape index (κ1) is 13.3. The number of methoxy groups -OCH3 is 1. The lowest BCUT2D eigenvalue weighted by molar-refractivity contribution is 0.317. The Morgan fingerprint density at radius 2 is 1.94 bits per heavy atom. The lowest BCUT2D eigenvalue weighted by Crippen LogP contribution is -2.19. The summed E-state index contributed by atoms with van der Waals surface area (Å²) in [5.74, 6) is -3.01. The minimum Gasteiger partial charge on any atom is -0.497 e. The van der Waals surface area contributed by atoms with Gasteiger partial charge in [-0.1, -0.05) is 19.4 Å². The van der Waals surface area contributed by atoms with Crippen LogP contribution in [0.4, 0.5) is 19.4 Å². The number of benzene rings is 1. The number of fused-ring (bicyclic) bond motifs is 1. The Morgan fingerprint density at radius 1 is 1.28 bits per heavy atom. The molecule has 2 nitrogen and oxygen atoms in total. The molecule has 0 saturated heterocycles. The summed E-state index contributed by atoms with van der Waals surface area (Å²) in [4.78, 5) is 0. The summed E-state index contributed by atoms with van der Waals surface area (Å²) in [6.07, 6.45) is 0. The Bertz CT molecular complexity index is 484. The SMILES string of the molecule is COc1ccc2c(c1)C(CS(F)(F)(F)(F)F)CO2. The monoisotopic (exact) mass is 290 g/mol. The summed E-state index contributed by atoms with van der Waals surface area (Å²) < 4.78 is 72.1. The molecule has 0 N–H and O–H groups in total. The van der Waals surface area contributed by atoms with Crippen molar-refractivity contribution in [1.82, 2.24) is 0 Å². The normalized spacial score (nSPS) is 22.7. The van der Waals surface area contributed by atoms with E-state index in [0.717, 1.165) is 0 Å². The van der Waals surface area contributed by atoms with Crippen LogP contribution >= 0.6 is 10.2 Å². The number of hydrogen-bond acceptors (Lipinski definition) is 2. The smallest absolute Gasteiger partial charge is 0.286 e. The number of rotatable bonds is 3. The highest BCUT2D eigenvalue weighted by Gasteiger charge is 2.64. The minimum atomic E-state index is -9.44. The molecule has 0 bridgehead atoms. The van der Waals surface area contributed by atoms with Crippen molar-refractivity contribution < 1.29 is 28.9 Å². The van der Waals surface area contributed by atoms with Crippen LogP contribution in [0.3, 0.4) is 0 Å². The molecule has 1 aromatic rings. The maximum atomic E-state index is 12.5. The second-order valence-corrected chi connectivity index (χ2v) is 6.80. The average molecular weight is 290 g/mol. The predicted molar refractivity (Wildman–Crippen MR) is 59.2 cm³/mol. The van der Waals surface area contributed by atoms with Gasteiger partial charge in [-0.05, 0) is 18.2 Å². The van der Waals surface area contributed by atoms with Crippen LogP contribution < -0.4 is 9.47 Å². The van der Waals surface area contributed by atoms with Gasteiger partial charge in [0, 0.05) is 11.5 Å². The molecule has 1 aromatic carbocycles. The molecule has 0 radical (unpaired) electrons. The molecule has 104 valence electrons. The maximum Gasteiger partial charge on any atom is 0.286 e. The molecule has 0 amide bonds. The Balaban J connectivity index is 2.32. The number of ether oxygens (including phenoxy) is 2. The van der Waals surface area contributed by atoms with Crippen LogP contribution in [0.15, 0.2) is 18.2 Å². The van der Waals surface area contributed by atoms with Gasteiger partial charge in [0.25, 0.3) is 10.2 Å². The average Bonchev–Trinajstić information content (AvgIpc) is 2.56. The quantitative estimate of drug-likeness (QED) is 0.765. The van der Waals surface area contributed by atoms with Gasteiger partial charge in [0.05, 0.1) is 19.5 Å². The molecule has 1 aliphatic heterocycles. The van der Waals surface area contributed by atoms with E-state index in [2.05, 4.69) is 0 Å². The summed E-state index contributed by atoms with van der Waals surface area (Å²) in [5, 5.41) is 0. The fourth-order valence-corrected chi connectivity index (χ4v) is 2.94. The maximum absolute atomic E-state index is 12.5. The third-order valence-corrected chi connectivity index (χ3v) is 3.65. The fourth-order valence-electron chi connectivity index (χ4n) is 1.90. The van der Waals surface area contributed by atoms with E-state index in [-0.39, 0.29) is 11.3 Å². The summed E-state index contributed by atoms with van der Waals surface area (Å²) in [6.45, 7) is -0.395. The molecule has 8 heteroatoms. The molecule has 1 aliphatic rings. The third kappa shape index (κ3) is 3.18. The molecule has 0 aromatic heterocycles. The van der Waals surface area contributed by atoms with E-state index in [1.807, 2.05) is 0 Å². The summed E-state index contributed by atoms with van der Waals surface area (Å²) >= 11 is 0. The molecule has 18 heavy (non-hydrogen) atoms. The van der Waals surface area contributed by atoms with E-state index >= 15 is 0 Å². The molecule has 1 unspecified atom stereocenters. The zero-order chi connectivity index (χ0) is 13.7. The largest absolute Gasteiger partial charge is 0.497 e. The van der Waals surface area contributed by atoms with Gasteiger partial charge in [-0.2, -0.15) is 0 Å². The standard InChI is InChI=1S/C10H11F5O2S/c1-16-8-2-3-10-9(4-8)7(5-17-10)6-18(11,12,13,14)15/h2-4,7H,5-6H2,1H3. The second kappa shape index (κ2) is 3.23. The Labute approximate surface area is 100 Å². The van der Waals surface area contributed by atoms with Gasteiger partial charge in [0.1, 0.15) is 11.5 Å². The van der Waals surface area contributed by atoms with Crippen LogP contribution in [0.1, 0.15) is 11.5 Å². The van der Waals surface area contributed by atoms with Gasteiger partial charge in [-0.15, -0.1) is 0 Å². The van der Waals surface area contributed by atoms with Gasteiger partial charge in [0.15, 0.2) is 0 Å². The minimum absolute atomic E-state index is 0.114. The lowest BCUT2D eigenvalue weighted by Gasteiger charge is -2.41. The highest BCUT2D eigenvalue weighted by molar-refractivity contribution is 8.45. The molecule has 1 heterocycles. The third-order valence-electron chi connectivity index (χ3n) is 2.61. The van der Waals surface area contributed by atoms with E-state index in [1.54, 1.807) is 0 Å². The van der Waals surface area contributed by atoms with Crippen molar-refractivity contribution in [3.8, 4) is 11.5 Å². The first-order valence-corrected chi connectivity index (χ1v) is 7.13. The van der Waals surface area contributed by atoms with Gasteiger partial charge in [-0.3, -0.25) is 0 Å². The molecule has 0 aliphatic carbocycles. The first-order chi connectivity index (χ1) is 7.97. The van der Waals surface area contributed by atoms with Crippen molar-refractivity contribution in [2.45, 2.75) is 5.92 Å². The molecule has 2 rings (SSSR count). The Kier molecular flexibility index (Phi) is 2.38. The summed E-state index contributed by atoms with van der Waals surface area (Å²) in [7, 11) is -8.09. The predicted octanol–water partition coefficient (Wildman–Crippen LogP) is 4.47. The van der Waals surface area contributed by atoms with Crippen molar-refractivity contribution in [2.24, 2.45) is 0 Å². The Morgan fingerprint density at radius 3 is 2.50 bits per heavy atom. The van der Waals surface area contributed by atoms with Crippen LogP contribution in [0, 0.1) is 0 Å². The molecule has 0 saturated carbocycles. The number of halogens is 5. The van der Waals surface area contributed by atoms with E-state index in [0.29, 0.717) is 5.75 Å². The van der Waals surface area contributed by atoms with E-state index in [1.165, 1.54) is 25.3 Å².